The zero-order valence-corrected chi connectivity index (χ0v) is 11.0. The van der Waals surface area contributed by atoms with Crippen LogP contribution in [0.25, 0.3) is 0 Å². The first kappa shape index (κ1) is 13.4. The fourth-order valence-corrected chi connectivity index (χ4v) is 3.90. The van der Waals surface area contributed by atoms with Gasteiger partial charge in [0.2, 0.25) is 0 Å². The number of nitrogens with zero attached hydrogens (tertiary/aromatic N) is 1. The van der Waals surface area contributed by atoms with Crippen LogP contribution in [0, 0.1) is 0 Å². The maximum atomic E-state index is 12.1. The van der Waals surface area contributed by atoms with E-state index in [0.717, 1.165) is 11.3 Å². The van der Waals surface area contributed by atoms with Crippen LogP contribution in [0.5, 0.6) is 0 Å². The van der Waals surface area contributed by atoms with Crippen molar-refractivity contribution < 1.29 is 13.2 Å². The van der Waals surface area contributed by atoms with Crippen LogP contribution in [-0.4, -0.2) is 39.5 Å². The number of methoxy groups -OCH3 is 1. The van der Waals surface area contributed by atoms with Gasteiger partial charge in [0.1, 0.15) is 4.21 Å². The lowest BCUT2D eigenvalue weighted by Crippen LogP contribution is -2.33. The number of hydrogen-bond donors (Lipinski definition) is 1. The third-order valence-corrected chi connectivity index (χ3v) is 5.49. The van der Waals surface area contributed by atoms with Crippen LogP contribution in [0.2, 0.25) is 0 Å². The predicted molar refractivity (Wildman–Crippen MR) is 65.0 cm³/mol. The first-order valence-electron chi connectivity index (χ1n) is 4.85. The highest BCUT2D eigenvalue weighted by Crippen LogP contribution is 2.24. The number of likely N-dealkylation sites (N-methyl/N-ethyl adjacent to an activating group) is 1. The average Bonchev–Trinajstić information content (AvgIpc) is 2.66. The van der Waals surface area contributed by atoms with Gasteiger partial charge in [-0.2, -0.15) is 4.31 Å². The Morgan fingerprint density at radius 3 is 2.69 bits per heavy atom. The Morgan fingerprint density at radius 1 is 1.56 bits per heavy atom. The molecule has 92 valence electrons. The molecule has 0 amide bonds. The van der Waals surface area contributed by atoms with Gasteiger partial charge in [-0.15, -0.1) is 11.3 Å². The molecule has 2 N–H and O–H groups in total. The van der Waals surface area contributed by atoms with Gasteiger partial charge in [0.05, 0.1) is 6.61 Å². The number of sulfonamides is 1. The Kier molecular flexibility index (Phi) is 4.72. The van der Waals surface area contributed by atoms with E-state index in [-0.39, 0.29) is 4.21 Å². The molecule has 5 nitrogen and oxygen atoms in total. The number of hydrogen-bond acceptors (Lipinski definition) is 5. The summed E-state index contributed by atoms with van der Waals surface area (Å²) in [6.45, 7) is 2.95. The summed E-state index contributed by atoms with van der Waals surface area (Å²) in [6, 6.07) is 1.48. The van der Waals surface area contributed by atoms with Gasteiger partial charge < -0.3 is 10.5 Å². The van der Waals surface area contributed by atoms with Crippen LogP contribution >= 0.6 is 11.3 Å². The number of nitrogen functional groups attached to an aromatic ring is 1. The van der Waals surface area contributed by atoms with E-state index in [4.69, 9.17) is 10.5 Å². The van der Waals surface area contributed by atoms with E-state index in [1.807, 2.05) is 0 Å². The maximum Gasteiger partial charge on any atom is 0.252 e. The van der Waals surface area contributed by atoms with Gasteiger partial charge in [0, 0.05) is 31.3 Å². The fraction of sp³-hybridized carbons (Fsp3) is 0.556. The third-order valence-electron chi connectivity index (χ3n) is 2.09. The second-order valence-corrected chi connectivity index (χ2v) is 6.26. The number of nitrogens with two attached hydrogens (primary N) is 1. The SMILES string of the molecule is CCN(CCOC)S(=O)(=O)c1cc(N)cs1. The average molecular weight is 264 g/mol. The van der Waals surface area contributed by atoms with Crippen molar-refractivity contribution in [3.63, 3.8) is 0 Å². The molecule has 0 aromatic carbocycles. The smallest absolute Gasteiger partial charge is 0.252 e. The highest BCUT2D eigenvalue weighted by molar-refractivity contribution is 7.91. The number of thiophene rings is 1. The van der Waals surface area contributed by atoms with Crippen LogP contribution in [-0.2, 0) is 14.8 Å². The molecule has 0 aliphatic carbocycles. The van der Waals surface area contributed by atoms with E-state index in [9.17, 15) is 8.42 Å². The summed E-state index contributed by atoms with van der Waals surface area (Å²) >= 11 is 1.14. The van der Waals surface area contributed by atoms with Crippen molar-refractivity contribution in [2.24, 2.45) is 0 Å². The molecule has 0 aliphatic rings. The van der Waals surface area contributed by atoms with E-state index in [1.165, 1.54) is 10.4 Å². The van der Waals surface area contributed by atoms with Gasteiger partial charge in [-0.05, 0) is 6.07 Å². The molecule has 0 spiro atoms. The molecule has 0 saturated heterocycles. The summed E-state index contributed by atoms with van der Waals surface area (Å²) in [4.78, 5) is 0. The molecule has 0 bridgehead atoms. The first-order valence-corrected chi connectivity index (χ1v) is 7.17. The minimum atomic E-state index is -3.41. The highest BCUT2D eigenvalue weighted by Gasteiger charge is 2.24. The summed E-state index contributed by atoms with van der Waals surface area (Å²) in [5, 5.41) is 1.62. The molecular formula is C9H16N2O3S2. The summed E-state index contributed by atoms with van der Waals surface area (Å²) in [5.74, 6) is 0. The van der Waals surface area contributed by atoms with Crippen LogP contribution < -0.4 is 5.73 Å². The summed E-state index contributed by atoms with van der Waals surface area (Å²) < 4.78 is 30.8. The molecule has 0 saturated carbocycles. The van der Waals surface area contributed by atoms with E-state index in [2.05, 4.69) is 0 Å². The molecule has 0 unspecified atom stereocenters. The van der Waals surface area contributed by atoms with Crippen LogP contribution in [0.1, 0.15) is 6.92 Å². The van der Waals surface area contributed by atoms with Crippen LogP contribution in [0.15, 0.2) is 15.7 Å². The van der Waals surface area contributed by atoms with E-state index >= 15 is 0 Å². The monoisotopic (exact) mass is 264 g/mol. The standard InChI is InChI=1S/C9H16N2O3S2/c1-3-11(4-5-14-2)16(12,13)9-6-8(10)7-15-9/h6-7H,3-5,10H2,1-2H3. The molecule has 0 atom stereocenters. The summed E-state index contributed by atoms with van der Waals surface area (Å²) in [6.07, 6.45) is 0. The van der Waals surface area contributed by atoms with Gasteiger partial charge in [0.15, 0.2) is 0 Å². The van der Waals surface area contributed by atoms with Crippen molar-refractivity contribution in [1.29, 1.82) is 0 Å². The minimum absolute atomic E-state index is 0.281. The maximum absolute atomic E-state index is 12.1. The van der Waals surface area contributed by atoms with Crippen LogP contribution in [0.3, 0.4) is 0 Å². The van der Waals surface area contributed by atoms with Crippen molar-refractivity contribution >= 4 is 27.0 Å². The Hall–Kier alpha value is -0.630. The van der Waals surface area contributed by atoms with Gasteiger partial charge in [0.25, 0.3) is 10.0 Å². The highest BCUT2D eigenvalue weighted by atomic mass is 32.2. The van der Waals surface area contributed by atoms with Gasteiger partial charge >= 0.3 is 0 Å². The molecule has 0 radical (unpaired) electrons. The van der Waals surface area contributed by atoms with E-state index < -0.39 is 10.0 Å². The zero-order valence-electron chi connectivity index (χ0n) is 9.34. The fourth-order valence-electron chi connectivity index (χ4n) is 1.23. The van der Waals surface area contributed by atoms with Gasteiger partial charge in [-0.1, -0.05) is 6.92 Å². The lowest BCUT2D eigenvalue weighted by Gasteiger charge is -2.18. The molecule has 1 heterocycles. The molecule has 1 aromatic heterocycles. The molecular weight excluding hydrogens is 248 g/mol. The molecule has 7 heteroatoms. The van der Waals surface area contributed by atoms with Gasteiger partial charge in [-0.3, -0.25) is 0 Å². The normalized spacial score (nSPS) is 12.2. The largest absolute Gasteiger partial charge is 0.398 e. The van der Waals surface area contributed by atoms with Crippen molar-refractivity contribution in [3.8, 4) is 0 Å². The number of ether oxygens (including phenoxy) is 1. The molecule has 16 heavy (non-hydrogen) atoms. The summed E-state index contributed by atoms with van der Waals surface area (Å²) in [7, 11) is -1.87. The van der Waals surface area contributed by atoms with E-state index in [1.54, 1.807) is 19.4 Å². The Morgan fingerprint density at radius 2 is 2.25 bits per heavy atom. The second kappa shape index (κ2) is 5.62. The predicted octanol–water partition coefficient (Wildman–Crippen LogP) is 0.987. The van der Waals surface area contributed by atoms with Crippen molar-refractivity contribution in [2.75, 3.05) is 32.5 Å². The topological polar surface area (TPSA) is 72.6 Å². The van der Waals surface area contributed by atoms with E-state index in [0.29, 0.717) is 25.4 Å². The Bertz CT molecular complexity index is 428. The van der Waals surface area contributed by atoms with Crippen molar-refractivity contribution in [1.82, 2.24) is 4.31 Å². The third kappa shape index (κ3) is 2.94. The lowest BCUT2D eigenvalue weighted by molar-refractivity contribution is 0.180. The van der Waals surface area contributed by atoms with Crippen LogP contribution in [0.4, 0.5) is 5.69 Å². The number of anilines is 1. The zero-order chi connectivity index (χ0) is 12.2. The quantitative estimate of drug-likeness (QED) is 0.831. The first-order chi connectivity index (χ1) is 7.52. The lowest BCUT2D eigenvalue weighted by atomic mass is 10.6. The van der Waals surface area contributed by atoms with Gasteiger partial charge in [-0.25, -0.2) is 8.42 Å². The molecule has 0 fully saturated rings. The summed E-state index contributed by atoms with van der Waals surface area (Å²) in [5.41, 5.74) is 6.00. The second-order valence-electron chi connectivity index (χ2n) is 3.19. The van der Waals surface area contributed by atoms with Crippen molar-refractivity contribution in [3.05, 3.63) is 11.4 Å². The van der Waals surface area contributed by atoms with Crippen molar-refractivity contribution in [2.45, 2.75) is 11.1 Å². The minimum Gasteiger partial charge on any atom is -0.398 e. The molecule has 0 aliphatic heterocycles. The Labute approximate surface area is 99.9 Å². The molecule has 1 aromatic rings. The number of rotatable bonds is 6. The Balaban J connectivity index is 2.90. The molecule has 1 rings (SSSR count).